The Kier molecular flexibility index (Phi) is 1.49. The number of rotatable bonds is 0. The van der Waals surface area contributed by atoms with Gasteiger partial charge in [-0.15, -0.1) is 0 Å². The van der Waals surface area contributed by atoms with Gasteiger partial charge in [0.05, 0.1) is 5.92 Å². The van der Waals surface area contributed by atoms with E-state index in [1.54, 1.807) is 0 Å². The van der Waals surface area contributed by atoms with Crippen LogP contribution < -0.4 is 0 Å². The van der Waals surface area contributed by atoms with E-state index in [9.17, 15) is 13.2 Å². The van der Waals surface area contributed by atoms with Crippen molar-refractivity contribution in [1.29, 1.82) is 0 Å². The molecule has 2 saturated carbocycles. The van der Waals surface area contributed by atoms with Crippen molar-refractivity contribution < 1.29 is 18.0 Å². The summed E-state index contributed by atoms with van der Waals surface area (Å²) >= 11 is 0. The van der Waals surface area contributed by atoms with Crippen LogP contribution in [0.5, 0.6) is 0 Å². The molecule has 4 atom stereocenters. The molecule has 3 rings (SSSR count). The van der Waals surface area contributed by atoms with Gasteiger partial charge >= 0.3 is 6.18 Å². The van der Waals surface area contributed by atoms with Crippen LogP contribution in [0.3, 0.4) is 0 Å². The number of fused-ring (bicyclic) bond motifs is 5. The second kappa shape index (κ2) is 2.44. The molecule has 78 valence electrons. The Hall–Kier alpha value is -0.740. The fourth-order valence-corrected chi connectivity index (χ4v) is 3.19. The zero-order chi connectivity index (χ0) is 9.92. The largest absolute Gasteiger partial charge is 0.433 e. The smallest absolute Gasteiger partial charge is 0.391 e. The highest BCUT2D eigenvalue weighted by Gasteiger charge is 2.60. The summed E-state index contributed by atoms with van der Waals surface area (Å²) in [7, 11) is 0. The molecule has 2 fully saturated rings. The first kappa shape index (κ1) is 8.56. The minimum absolute atomic E-state index is 0.160. The van der Waals surface area contributed by atoms with E-state index in [-0.39, 0.29) is 12.0 Å². The predicted molar refractivity (Wildman–Crippen MR) is 42.7 cm³/mol. The van der Waals surface area contributed by atoms with Crippen LogP contribution in [0.4, 0.5) is 13.2 Å². The average Bonchev–Trinajstić information content (AvgIpc) is 2.74. The molecule has 0 spiro atoms. The second-order valence-corrected chi connectivity index (χ2v) is 4.40. The van der Waals surface area contributed by atoms with Gasteiger partial charge in [-0.25, -0.2) is 0 Å². The number of oxime groups is 1. The van der Waals surface area contributed by atoms with E-state index in [1.807, 2.05) is 0 Å². The van der Waals surface area contributed by atoms with Gasteiger partial charge in [0.2, 0.25) is 0 Å². The Morgan fingerprint density at radius 1 is 1.21 bits per heavy atom. The Bertz CT molecular complexity index is 299. The maximum absolute atomic E-state index is 12.5. The van der Waals surface area contributed by atoms with Crippen LogP contribution in [-0.4, -0.2) is 18.0 Å². The summed E-state index contributed by atoms with van der Waals surface area (Å²) in [5.74, 6) is 0.00947. The highest BCUT2D eigenvalue weighted by Crippen LogP contribution is 2.54. The monoisotopic (exact) mass is 205 g/mol. The summed E-state index contributed by atoms with van der Waals surface area (Å²) in [5.41, 5.74) is -0.672. The molecule has 0 N–H and O–H groups in total. The standard InChI is InChI=1S/C9H10F3NO/c10-9(11,12)8-6-4-1-2-5(3-4)7(6)14-13-8/h4-7H,1-3H2/t4-,5+,6-,7-/m1/s1. The molecule has 0 aromatic heterocycles. The zero-order valence-electron chi connectivity index (χ0n) is 7.42. The molecule has 0 amide bonds. The van der Waals surface area contributed by atoms with Crippen molar-refractivity contribution in [2.24, 2.45) is 22.9 Å². The summed E-state index contributed by atoms with van der Waals surface area (Å²) < 4.78 is 37.5. The molecule has 1 aliphatic heterocycles. The summed E-state index contributed by atoms with van der Waals surface area (Å²) in [5, 5.41) is 3.22. The minimum Gasteiger partial charge on any atom is -0.391 e. The normalized spacial score (nSPS) is 44.9. The molecule has 0 radical (unpaired) electrons. The van der Waals surface area contributed by atoms with Crippen molar-refractivity contribution in [2.75, 3.05) is 0 Å². The molecule has 14 heavy (non-hydrogen) atoms. The number of halogens is 3. The lowest BCUT2D eigenvalue weighted by Crippen LogP contribution is -2.36. The fourth-order valence-electron chi connectivity index (χ4n) is 3.19. The fraction of sp³-hybridized carbons (Fsp3) is 0.889. The molecular weight excluding hydrogens is 195 g/mol. The van der Waals surface area contributed by atoms with E-state index in [1.165, 1.54) is 0 Å². The van der Waals surface area contributed by atoms with Crippen LogP contribution in [0.25, 0.3) is 0 Å². The SMILES string of the molecule is FC(F)(F)C1=NO[C@@H]2[C@H]3CC[C@H](C3)[C@@H]12. The number of hydrogen-bond donors (Lipinski definition) is 0. The van der Waals surface area contributed by atoms with Gasteiger partial charge in [0, 0.05) is 0 Å². The zero-order valence-corrected chi connectivity index (χ0v) is 7.42. The van der Waals surface area contributed by atoms with Gasteiger partial charge in [-0.05, 0) is 31.1 Å². The van der Waals surface area contributed by atoms with Gasteiger partial charge in [0.15, 0.2) is 5.71 Å². The topological polar surface area (TPSA) is 21.6 Å². The molecule has 3 aliphatic rings. The van der Waals surface area contributed by atoms with Crippen LogP contribution in [0.15, 0.2) is 5.16 Å². The number of nitrogens with zero attached hydrogens (tertiary/aromatic N) is 1. The molecule has 0 unspecified atom stereocenters. The van der Waals surface area contributed by atoms with Crippen LogP contribution in [0, 0.1) is 17.8 Å². The molecule has 2 aliphatic carbocycles. The van der Waals surface area contributed by atoms with Crippen molar-refractivity contribution in [1.82, 2.24) is 0 Å². The number of alkyl halides is 3. The first-order chi connectivity index (χ1) is 6.57. The lowest BCUT2D eigenvalue weighted by atomic mass is 9.83. The Morgan fingerprint density at radius 3 is 2.64 bits per heavy atom. The van der Waals surface area contributed by atoms with E-state index in [0.717, 1.165) is 19.3 Å². The first-order valence-electron chi connectivity index (χ1n) is 4.88. The molecule has 2 bridgehead atoms. The third-order valence-electron chi connectivity index (χ3n) is 3.72. The van der Waals surface area contributed by atoms with E-state index in [0.29, 0.717) is 5.92 Å². The van der Waals surface area contributed by atoms with Crippen LogP contribution in [-0.2, 0) is 4.84 Å². The molecule has 5 heteroatoms. The molecule has 2 nitrogen and oxygen atoms in total. The van der Waals surface area contributed by atoms with Crippen LogP contribution in [0.1, 0.15) is 19.3 Å². The van der Waals surface area contributed by atoms with E-state index < -0.39 is 17.8 Å². The van der Waals surface area contributed by atoms with Gasteiger partial charge in [-0.2, -0.15) is 13.2 Å². The van der Waals surface area contributed by atoms with E-state index in [2.05, 4.69) is 5.16 Å². The van der Waals surface area contributed by atoms with Crippen molar-refractivity contribution in [3.8, 4) is 0 Å². The van der Waals surface area contributed by atoms with E-state index in [4.69, 9.17) is 4.84 Å². The first-order valence-corrected chi connectivity index (χ1v) is 4.88. The third kappa shape index (κ3) is 0.953. The lowest BCUT2D eigenvalue weighted by Gasteiger charge is -2.23. The Morgan fingerprint density at radius 2 is 1.93 bits per heavy atom. The molecule has 0 aromatic rings. The lowest BCUT2D eigenvalue weighted by molar-refractivity contribution is -0.0633. The van der Waals surface area contributed by atoms with Gasteiger partial charge in [-0.1, -0.05) is 5.16 Å². The van der Waals surface area contributed by atoms with Crippen LogP contribution >= 0.6 is 0 Å². The van der Waals surface area contributed by atoms with Crippen LogP contribution in [0.2, 0.25) is 0 Å². The third-order valence-corrected chi connectivity index (χ3v) is 3.72. The molecule has 1 heterocycles. The van der Waals surface area contributed by atoms with Gasteiger partial charge in [-0.3, -0.25) is 0 Å². The van der Waals surface area contributed by atoms with Crippen molar-refractivity contribution in [3.05, 3.63) is 0 Å². The van der Waals surface area contributed by atoms with Crippen molar-refractivity contribution in [2.45, 2.75) is 31.5 Å². The predicted octanol–water partition coefficient (Wildman–Crippen LogP) is 2.35. The maximum atomic E-state index is 12.5. The van der Waals surface area contributed by atoms with Gasteiger partial charge in [0.1, 0.15) is 6.10 Å². The minimum atomic E-state index is -4.30. The van der Waals surface area contributed by atoms with Crippen molar-refractivity contribution in [3.63, 3.8) is 0 Å². The maximum Gasteiger partial charge on any atom is 0.433 e. The summed E-state index contributed by atoms with van der Waals surface area (Å²) in [4.78, 5) is 4.92. The summed E-state index contributed by atoms with van der Waals surface area (Å²) in [6.45, 7) is 0. The Labute approximate surface area is 79.1 Å². The average molecular weight is 205 g/mol. The number of hydrogen-bond acceptors (Lipinski definition) is 2. The van der Waals surface area contributed by atoms with Gasteiger partial charge < -0.3 is 4.84 Å². The Balaban J connectivity index is 1.91. The summed E-state index contributed by atoms with van der Waals surface area (Å²) in [6.07, 6.45) is -1.77. The van der Waals surface area contributed by atoms with Crippen molar-refractivity contribution >= 4 is 5.71 Å². The quantitative estimate of drug-likeness (QED) is 0.594. The second-order valence-electron chi connectivity index (χ2n) is 4.40. The highest BCUT2D eigenvalue weighted by atomic mass is 19.4. The molecular formula is C9H10F3NO. The van der Waals surface area contributed by atoms with E-state index >= 15 is 0 Å². The highest BCUT2D eigenvalue weighted by molar-refractivity contribution is 5.93. The molecule has 0 aromatic carbocycles. The van der Waals surface area contributed by atoms with Gasteiger partial charge in [0.25, 0.3) is 0 Å². The summed E-state index contributed by atoms with van der Waals surface area (Å²) in [6, 6.07) is 0. The molecule has 0 saturated heterocycles.